The van der Waals surface area contributed by atoms with Gasteiger partial charge in [0, 0.05) is 15.1 Å². The first-order chi connectivity index (χ1) is 10.5. The summed E-state index contributed by atoms with van der Waals surface area (Å²) in [7, 11) is 0. The number of benzene rings is 1. The highest BCUT2D eigenvalue weighted by atomic mass is 79.9. The van der Waals surface area contributed by atoms with Gasteiger partial charge in [0.15, 0.2) is 0 Å². The number of carbonyl (C=O) groups excluding carboxylic acids is 1. The summed E-state index contributed by atoms with van der Waals surface area (Å²) in [4.78, 5) is 23.6. The fraction of sp³-hybridized carbons (Fsp3) is 0.375. The average Bonchev–Trinajstić information content (AvgIpc) is 2.46. The molecule has 2 N–H and O–H groups in total. The van der Waals surface area contributed by atoms with Gasteiger partial charge in [0.2, 0.25) is 0 Å². The Hall–Kier alpha value is -1.33. The molecule has 2 rings (SSSR count). The summed E-state index contributed by atoms with van der Waals surface area (Å²) in [5.74, 6) is -1.15. The van der Waals surface area contributed by atoms with E-state index in [0.29, 0.717) is 21.5 Å². The standard InChI is InChI=1S/C16H17BrClNO3/c17-12-7-11(8-13(18)9-12)15(20)19-14(16(21)22)6-10-4-2-1-3-5-10/h1-2,7-10,14H,3-6H2,(H,19,20)(H,21,22). The van der Waals surface area contributed by atoms with Gasteiger partial charge in [0.1, 0.15) is 6.04 Å². The Balaban J connectivity index is 2.05. The quantitative estimate of drug-likeness (QED) is 0.751. The van der Waals surface area contributed by atoms with Crippen LogP contribution in [-0.2, 0) is 4.79 Å². The average molecular weight is 387 g/mol. The Morgan fingerprint density at radius 3 is 2.73 bits per heavy atom. The molecule has 2 atom stereocenters. The van der Waals surface area contributed by atoms with Gasteiger partial charge in [0.25, 0.3) is 5.91 Å². The SMILES string of the molecule is O=C(NC(CC1CC=CCC1)C(=O)O)c1cc(Cl)cc(Br)c1. The Labute approximate surface area is 142 Å². The third kappa shape index (κ3) is 4.85. The second-order valence-electron chi connectivity index (χ2n) is 5.41. The zero-order valence-corrected chi connectivity index (χ0v) is 14.2. The first-order valence-corrected chi connectivity index (χ1v) is 8.27. The lowest BCUT2D eigenvalue weighted by molar-refractivity contribution is -0.139. The highest BCUT2D eigenvalue weighted by molar-refractivity contribution is 9.10. The predicted molar refractivity (Wildman–Crippen MR) is 89.1 cm³/mol. The van der Waals surface area contributed by atoms with Crippen LogP contribution in [0.25, 0.3) is 0 Å². The largest absolute Gasteiger partial charge is 0.480 e. The molecular formula is C16H17BrClNO3. The van der Waals surface area contributed by atoms with Crippen LogP contribution in [-0.4, -0.2) is 23.0 Å². The van der Waals surface area contributed by atoms with E-state index in [1.165, 1.54) is 6.07 Å². The molecule has 0 aliphatic heterocycles. The predicted octanol–water partition coefficient (Wildman–Crippen LogP) is 4.03. The van der Waals surface area contributed by atoms with Crippen molar-refractivity contribution >= 4 is 39.4 Å². The topological polar surface area (TPSA) is 66.4 Å². The number of carboxylic acid groups (broad SMARTS) is 1. The maximum Gasteiger partial charge on any atom is 0.326 e. The van der Waals surface area contributed by atoms with E-state index >= 15 is 0 Å². The summed E-state index contributed by atoms with van der Waals surface area (Å²) in [6.45, 7) is 0. The number of carbonyl (C=O) groups is 2. The molecular weight excluding hydrogens is 370 g/mol. The fourth-order valence-corrected chi connectivity index (χ4v) is 3.41. The molecule has 22 heavy (non-hydrogen) atoms. The Morgan fingerprint density at radius 2 is 2.14 bits per heavy atom. The summed E-state index contributed by atoms with van der Waals surface area (Å²) in [6.07, 6.45) is 7.40. The highest BCUT2D eigenvalue weighted by Gasteiger charge is 2.25. The molecule has 0 fully saturated rings. The van der Waals surface area contributed by atoms with Crippen molar-refractivity contribution in [2.75, 3.05) is 0 Å². The monoisotopic (exact) mass is 385 g/mol. The van der Waals surface area contributed by atoms with Gasteiger partial charge < -0.3 is 10.4 Å². The smallest absolute Gasteiger partial charge is 0.326 e. The minimum absolute atomic E-state index is 0.289. The molecule has 2 unspecified atom stereocenters. The van der Waals surface area contributed by atoms with Crippen LogP contribution in [0.5, 0.6) is 0 Å². The van der Waals surface area contributed by atoms with Crippen LogP contribution in [0.3, 0.4) is 0 Å². The summed E-state index contributed by atoms with van der Waals surface area (Å²) in [5.41, 5.74) is 0.342. The molecule has 1 aliphatic rings. The number of hydrogen-bond donors (Lipinski definition) is 2. The van der Waals surface area contributed by atoms with Crippen LogP contribution in [0, 0.1) is 5.92 Å². The van der Waals surface area contributed by atoms with Crippen LogP contribution in [0.2, 0.25) is 5.02 Å². The van der Waals surface area contributed by atoms with Gasteiger partial charge in [-0.05, 0) is 49.8 Å². The number of allylic oxidation sites excluding steroid dienone is 2. The van der Waals surface area contributed by atoms with Crippen molar-refractivity contribution in [3.63, 3.8) is 0 Å². The molecule has 1 aromatic rings. The molecule has 4 nitrogen and oxygen atoms in total. The molecule has 0 heterocycles. The van der Waals surface area contributed by atoms with Gasteiger partial charge in [-0.15, -0.1) is 0 Å². The fourth-order valence-electron chi connectivity index (χ4n) is 2.55. The summed E-state index contributed by atoms with van der Waals surface area (Å²) in [6, 6.07) is 3.91. The van der Waals surface area contributed by atoms with E-state index in [1.807, 2.05) is 0 Å². The Morgan fingerprint density at radius 1 is 1.36 bits per heavy atom. The van der Waals surface area contributed by atoms with E-state index in [9.17, 15) is 14.7 Å². The molecule has 118 valence electrons. The summed E-state index contributed by atoms with van der Waals surface area (Å²) in [5, 5.41) is 12.4. The van der Waals surface area contributed by atoms with E-state index in [1.54, 1.807) is 12.1 Å². The summed E-state index contributed by atoms with van der Waals surface area (Å²) >= 11 is 9.18. The van der Waals surface area contributed by atoms with Crippen molar-refractivity contribution < 1.29 is 14.7 Å². The van der Waals surface area contributed by atoms with E-state index in [0.717, 1.165) is 19.3 Å². The second-order valence-corrected chi connectivity index (χ2v) is 6.76. The molecule has 0 bridgehead atoms. The third-order valence-corrected chi connectivity index (χ3v) is 4.35. The molecule has 1 aromatic carbocycles. The van der Waals surface area contributed by atoms with Crippen molar-refractivity contribution in [1.29, 1.82) is 0 Å². The van der Waals surface area contributed by atoms with E-state index in [-0.39, 0.29) is 5.92 Å². The summed E-state index contributed by atoms with van der Waals surface area (Å²) < 4.78 is 0.675. The molecule has 1 aliphatic carbocycles. The van der Waals surface area contributed by atoms with E-state index in [2.05, 4.69) is 33.4 Å². The number of hydrogen-bond acceptors (Lipinski definition) is 2. The first kappa shape index (κ1) is 17.0. The first-order valence-electron chi connectivity index (χ1n) is 7.10. The molecule has 1 amide bonds. The zero-order valence-electron chi connectivity index (χ0n) is 11.9. The Kier molecular flexibility index (Phi) is 6.03. The number of nitrogens with one attached hydrogen (secondary N) is 1. The molecule has 0 saturated carbocycles. The second kappa shape index (κ2) is 7.79. The lowest BCUT2D eigenvalue weighted by Crippen LogP contribution is -2.42. The van der Waals surface area contributed by atoms with Gasteiger partial charge in [-0.25, -0.2) is 4.79 Å². The maximum absolute atomic E-state index is 12.2. The van der Waals surface area contributed by atoms with Crippen LogP contribution in [0.4, 0.5) is 0 Å². The lowest BCUT2D eigenvalue weighted by atomic mass is 9.88. The maximum atomic E-state index is 12.2. The van der Waals surface area contributed by atoms with Crippen LogP contribution in [0.15, 0.2) is 34.8 Å². The van der Waals surface area contributed by atoms with Crippen molar-refractivity contribution in [3.8, 4) is 0 Å². The van der Waals surface area contributed by atoms with Crippen molar-refractivity contribution in [3.05, 3.63) is 45.4 Å². The number of halogens is 2. The van der Waals surface area contributed by atoms with Crippen LogP contribution < -0.4 is 5.32 Å². The van der Waals surface area contributed by atoms with Crippen LogP contribution >= 0.6 is 27.5 Å². The third-order valence-electron chi connectivity index (χ3n) is 3.67. The van der Waals surface area contributed by atoms with Gasteiger partial charge in [-0.3, -0.25) is 4.79 Å². The van der Waals surface area contributed by atoms with Gasteiger partial charge in [-0.1, -0.05) is 39.7 Å². The number of carboxylic acids is 1. The lowest BCUT2D eigenvalue weighted by Gasteiger charge is -2.22. The molecule has 0 saturated heterocycles. The number of amides is 1. The van der Waals surface area contributed by atoms with Gasteiger partial charge in [-0.2, -0.15) is 0 Å². The number of rotatable bonds is 5. The number of aliphatic carboxylic acids is 1. The molecule has 0 spiro atoms. The van der Waals surface area contributed by atoms with E-state index < -0.39 is 17.9 Å². The van der Waals surface area contributed by atoms with Crippen LogP contribution in [0.1, 0.15) is 36.0 Å². The molecule has 6 heteroatoms. The van der Waals surface area contributed by atoms with E-state index in [4.69, 9.17) is 11.6 Å². The minimum Gasteiger partial charge on any atom is -0.480 e. The minimum atomic E-state index is -1.01. The van der Waals surface area contributed by atoms with Crippen molar-refractivity contribution in [2.45, 2.75) is 31.7 Å². The Bertz CT molecular complexity index is 583. The zero-order chi connectivity index (χ0) is 16.1. The van der Waals surface area contributed by atoms with Gasteiger partial charge >= 0.3 is 5.97 Å². The normalized spacial score (nSPS) is 18.7. The van der Waals surface area contributed by atoms with Crippen molar-refractivity contribution in [1.82, 2.24) is 5.32 Å². The van der Waals surface area contributed by atoms with Crippen molar-refractivity contribution in [2.24, 2.45) is 5.92 Å². The van der Waals surface area contributed by atoms with Gasteiger partial charge in [0.05, 0.1) is 0 Å². The highest BCUT2D eigenvalue weighted by Crippen LogP contribution is 2.24. The molecule has 0 aromatic heterocycles. The molecule has 0 radical (unpaired) electrons.